The fourth-order valence-electron chi connectivity index (χ4n) is 1.96. The van der Waals surface area contributed by atoms with E-state index in [4.69, 9.17) is 5.73 Å². The lowest BCUT2D eigenvalue weighted by molar-refractivity contribution is 0.516. The SMILES string of the molecule is CCCn1nccc1C(N)c1c(F)cccc1F. The maximum atomic E-state index is 13.7. The molecule has 1 unspecified atom stereocenters. The summed E-state index contributed by atoms with van der Waals surface area (Å²) in [7, 11) is 0. The highest BCUT2D eigenvalue weighted by Gasteiger charge is 2.20. The monoisotopic (exact) mass is 251 g/mol. The van der Waals surface area contributed by atoms with Gasteiger partial charge in [0.2, 0.25) is 0 Å². The molecule has 1 aromatic heterocycles. The average molecular weight is 251 g/mol. The molecule has 1 heterocycles. The Bertz CT molecular complexity index is 517. The molecule has 1 atom stereocenters. The Morgan fingerprint density at radius 1 is 1.28 bits per heavy atom. The smallest absolute Gasteiger partial charge is 0.131 e. The molecule has 0 saturated carbocycles. The Labute approximate surface area is 104 Å². The Morgan fingerprint density at radius 2 is 1.94 bits per heavy atom. The third-order valence-electron chi connectivity index (χ3n) is 2.81. The van der Waals surface area contributed by atoms with Crippen LogP contribution in [0.1, 0.15) is 30.6 Å². The summed E-state index contributed by atoms with van der Waals surface area (Å²) >= 11 is 0. The first-order valence-corrected chi connectivity index (χ1v) is 5.86. The van der Waals surface area contributed by atoms with Gasteiger partial charge in [-0.1, -0.05) is 13.0 Å². The van der Waals surface area contributed by atoms with Gasteiger partial charge in [0.25, 0.3) is 0 Å². The summed E-state index contributed by atoms with van der Waals surface area (Å²) in [5, 5.41) is 4.10. The van der Waals surface area contributed by atoms with Crippen molar-refractivity contribution in [3.8, 4) is 0 Å². The molecule has 3 nitrogen and oxygen atoms in total. The Morgan fingerprint density at radius 3 is 2.56 bits per heavy atom. The molecule has 18 heavy (non-hydrogen) atoms. The van der Waals surface area contributed by atoms with Crippen LogP contribution in [-0.4, -0.2) is 9.78 Å². The van der Waals surface area contributed by atoms with E-state index >= 15 is 0 Å². The van der Waals surface area contributed by atoms with Gasteiger partial charge in [0.15, 0.2) is 0 Å². The second-order valence-corrected chi connectivity index (χ2v) is 4.09. The summed E-state index contributed by atoms with van der Waals surface area (Å²) in [6.07, 6.45) is 2.46. The van der Waals surface area contributed by atoms with Crippen LogP contribution in [0.4, 0.5) is 8.78 Å². The van der Waals surface area contributed by atoms with Crippen LogP contribution in [0.5, 0.6) is 0 Å². The summed E-state index contributed by atoms with van der Waals surface area (Å²) in [5.74, 6) is -1.27. The van der Waals surface area contributed by atoms with Crippen molar-refractivity contribution in [2.24, 2.45) is 5.73 Å². The van der Waals surface area contributed by atoms with Crippen LogP contribution in [0.3, 0.4) is 0 Å². The molecule has 0 amide bonds. The second kappa shape index (κ2) is 5.27. The molecule has 96 valence electrons. The predicted molar refractivity (Wildman–Crippen MR) is 64.9 cm³/mol. The van der Waals surface area contributed by atoms with Gasteiger partial charge < -0.3 is 5.73 Å². The summed E-state index contributed by atoms with van der Waals surface area (Å²) < 4.78 is 29.0. The van der Waals surface area contributed by atoms with Crippen molar-refractivity contribution >= 4 is 0 Å². The fraction of sp³-hybridized carbons (Fsp3) is 0.308. The lowest BCUT2D eigenvalue weighted by atomic mass is 10.0. The van der Waals surface area contributed by atoms with Gasteiger partial charge in [0.05, 0.1) is 11.7 Å². The summed E-state index contributed by atoms with van der Waals surface area (Å²) in [6.45, 7) is 2.67. The molecule has 0 radical (unpaired) electrons. The van der Waals surface area contributed by atoms with E-state index in [1.165, 1.54) is 18.2 Å². The van der Waals surface area contributed by atoms with Crippen molar-refractivity contribution in [2.45, 2.75) is 25.9 Å². The summed E-state index contributed by atoms with van der Waals surface area (Å²) in [5.41, 5.74) is 6.45. The first kappa shape index (κ1) is 12.7. The second-order valence-electron chi connectivity index (χ2n) is 4.09. The van der Waals surface area contributed by atoms with Crippen molar-refractivity contribution < 1.29 is 8.78 Å². The number of nitrogens with zero attached hydrogens (tertiary/aromatic N) is 2. The molecule has 2 aromatic rings. The highest BCUT2D eigenvalue weighted by molar-refractivity contribution is 5.29. The minimum atomic E-state index is -0.847. The number of aromatic nitrogens is 2. The van der Waals surface area contributed by atoms with E-state index in [9.17, 15) is 8.78 Å². The van der Waals surface area contributed by atoms with E-state index in [1.807, 2.05) is 6.92 Å². The number of rotatable bonds is 4. The van der Waals surface area contributed by atoms with Crippen molar-refractivity contribution in [1.82, 2.24) is 9.78 Å². The van der Waals surface area contributed by atoms with Crippen LogP contribution >= 0.6 is 0 Å². The molecule has 0 saturated heterocycles. The van der Waals surface area contributed by atoms with Gasteiger partial charge in [-0.3, -0.25) is 4.68 Å². The van der Waals surface area contributed by atoms with Crippen LogP contribution in [0.15, 0.2) is 30.5 Å². The third kappa shape index (κ3) is 2.26. The first-order chi connectivity index (χ1) is 8.65. The largest absolute Gasteiger partial charge is 0.319 e. The van der Waals surface area contributed by atoms with Crippen molar-refractivity contribution in [3.05, 3.63) is 53.4 Å². The molecule has 0 aliphatic heterocycles. The maximum Gasteiger partial charge on any atom is 0.131 e. The van der Waals surface area contributed by atoms with Crippen LogP contribution in [-0.2, 0) is 6.54 Å². The molecule has 2 rings (SSSR count). The van der Waals surface area contributed by atoms with E-state index in [0.717, 1.165) is 6.42 Å². The molecule has 0 fully saturated rings. The zero-order valence-corrected chi connectivity index (χ0v) is 10.1. The molecule has 0 aliphatic rings. The summed E-state index contributed by atoms with van der Waals surface area (Å²) in [4.78, 5) is 0. The number of aryl methyl sites for hydroxylation is 1. The third-order valence-corrected chi connectivity index (χ3v) is 2.81. The highest BCUT2D eigenvalue weighted by Crippen LogP contribution is 2.24. The molecule has 1 aromatic carbocycles. The van der Waals surface area contributed by atoms with Gasteiger partial charge in [0.1, 0.15) is 11.6 Å². The topological polar surface area (TPSA) is 43.8 Å². The zero-order chi connectivity index (χ0) is 13.1. The normalized spacial score (nSPS) is 12.7. The Kier molecular flexibility index (Phi) is 3.72. The van der Waals surface area contributed by atoms with Gasteiger partial charge in [-0.05, 0) is 24.6 Å². The van der Waals surface area contributed by atoms with Gasteiger partial charge in [-0.15, -0.1) is 0 Å². The number of hydrogen-bond donors (Lipinski definition) is 1. The number of nitrogens with two attached hydrogens (primary N) is 1. The molecular formula is C13H15F2N3. The van der Waals surface area contributed by atoms with E-state index in [-0.39, 0.29) is 5.56 Å². The molecule has 2 N–H and O–H groups in total. The van der Waals surface area contributed by atoms with Crippen LogP contribution in [0.25, 0.3) is 0 Å². The van der Waals surface area contributed by atoms with Gasteiger partial charge in [-0.2, -0.15) is 5.10 Å². The van der Waals surface area contributed by atoms with E-state index in [2.05, 4.69) is 5.10 Å². The predicted octanol–water partition coefficient (Wildman–Crippen LogP) is 2.62. The summed E-state index contributed by atoms with van der Waals surface area (Å²) in [6, 6.07) is 4.58. The van der Waals surface area contributed by atoms with Gasteiger partial charge in [0, 0.05) is 18.3 Å². The average Bonchev–Trinajstić information content (AvgIpc) is 2.77. The van der Waals surface area contributed by atoms with Crippen LogP contribution in [0, 0.1) is 11.6 Å². The minimum absolute atomic E-state index is 0.115. The van der Waals surface area contributed by atoms with E-state index in [1.54, 1.807) is 16.9 Å². The fourth-order valence-corrected chi connectivity index (χ4v) is 1.96. The number of hydrogen-bond acceptors (Lipinski definition) is 2. The van der Waals surface area contributed by atoms with Gasteiger partial charge in [-0.25, -0.2) is 8.78 Å². The molecule has 0 aliphatic carbocycles. The first-order valence-electron chi connectivity index (χ1n) is 5.86. The van der Waals surface area contributed by atoms with Crippen molar-refractivity contribution in [1.29, 1.82) is 0 Å². The lowest BCUT2D eigenvalue weighted by Gasteiger charge is -2.15. The number of halogens is 2. The van der Waals surface area contributed by atoms with Crippen LogP contribution < -0.4 is 5.73 Å². The maximum absolute atomic E-state index is 13.7. The zero-order valence-electron chi connectivity index (χ0n) is 10.1. The minimum Gasteiger partial charge on any atom is -0.319 e. The van der Waals surface area contributed by atoms with Crippen molar-refractivity contribution in [2.75, 3.05) is 0 Å². The lowest BCUT2D eigenvalue weighted by Crippen LogP contribution is -2.20. The number of benzene rings is 1. The highest BCUT2D eigenvalue weighted by atomic mass is 19.1. The van der Waals surface area contributed by atoms with E-state index in [0.29, 0.717) is 12.2 Å². The molecular weight excluding hydrogens is 236 g/mol. The Hall–Kier alpha value is -1.75. The van der Waals surface area contributed by atoms with Gasteiger partial charge >= 0.3 is 0 Å². The Balaban J connectivity index is 2.41. The molecule has 5 heteroatoms. The standard InChI is InChI=1S/C13H15F2N3/c1-2-8-18-11(6-7-17-18)13(16)12-9(14)4-3-5-10(12)15/h3-7,13H,2,8,16H2,1H3. The van der Waals surface area contributed by atoms with Crippen LogP contribution in [0.2, 0.25) is 0 Å². The quantitative estimate of drug-likeness (QED) is 0.907. The van der Waals surface area contributed by atoms with Crippen molar-refractivity contribution in [3.63, 3.8) is 0 Å². The van der Waals surface area contributed by atoms with E-state index < -0.39 is 17.7 Å². The molecule has 0 spiro atoms. The molecule has 0 bridgehead atoms.